The van der Waals surface area contributed by atoms with Crippen molar-refractivity contribution in [1.82, 2.24) is 0 Å². The Morgan fingerprint density at radius 1 is 1.14 bits per heavy atom. The lowest BCUT2D eigenvalue weighted by molar-refractivity contribution is 0.0862. The van der Waals surface area contributed by atoms with Crippen LogP contribution in [-0.2, 0) is 13.6 Å². The smallest absolute Gasteiger partial charge is 0.362 e. The molecule has 3 N–H and O–H groups in total. The van der Waals surface area contributed by atoms with Crippen LogP contribution in [0, 0.1) is 23.2 Å². The van der Waals surface area contributed by atoms with Crippen LogP contribution in [0.15, 0.2) is 47.6 Å². The highest BCUT2D eigenvalue weighted by atomic mass is 31.2. The molecule has 0 aromatic rings. The third-order valence-electron chi connectivity index (χ3n) is 8.80. The molecule has 3 rings (SSSR count). The molecule has 37 heavy (non-hydrogen) atoms. The normalized spacial score (nSPS) is 34.8. The Hall–Kier alpha value is -1.01. The fraction of sp³-hybridized carbons (Fsp3) is 0.733. The van der Waals surface area contributed by atoms with E-state index < -0.39 is 25.6 Å². The molecule has 2 unspecified atom stereocenters. The van der Waals surface area contributed by atoms with Crippen molar-refractivity contribution in [3.63, 3.8) is 0 Å². The van der Waals surface area contributed by atoms with Crippen molar-refractivity contribution in [2.75, 3.05) is 13.2 Å². The van der Waals surface area contributed by atoms with Crippen LogP contribution in [0.1, 0.15) is 85.5 Å². The summed E-state index contributed by atoms with van der Waals surface area (Å²) in [6.45, 7) is 13.1. The number of fused-ring (bicyclic) bond motifs is 1. The SMILES string of the molecule is C=C1/C(=C\C=C2/CCC[C@@]3(C)C2CC[C@@H]3[C@H](C)/C=C/C(O)P(=O)(OCCC)OCCC)C[C@@H](O)C[C@@H]1O. The Labute approximate surface area is 224 Å². The van der Waals surface area contributed by atoms with Gasteiger partial charge in [0.15, 0.2) is 5.85 Å². The highest BCUT2D eigenvalue weighted by Crippen LogP contribution is 2.60. The van der Waals surface area contributed by atoms with Gasteiger partial charge in [-0.15, -0.1) is 0 Å². The van der Waals surface area contributed by atoms with Gasteiger partial charge in [-0.2, -0.15) is 0 Å². The summed E-state index contributed by atoms with van der Waals surface area (Å²) in [5, 5.41) is 31.0. The zero-order chi connectivity index (χ0) is 27.2. The van der Waals surface area contributed by atoms with Crippen molar-refractivity contribution in [2.45, 2.75) is 104 Å². The Bertz CT molecular complexity index is 911. The first kappa shape index (κ1) is 30.5. The van der Waals surface area contributed by atoms with E-state index in [1.807, 2.05) is 19.9 Å². The van der Waals surface area contributed by atoms with Gasteiger partial charge in [-0.1, -0.05) is 58.1 Å². The summed E-state index contributed by atoms with van der Waals surface area (Å²) in [4.78, 5) is 0. The van der Waals surface area contributed by atoms with Crippen LogP contribution < -0.4 is 0 Å². The van der Waals surface area contributed by atoms with Gasteiger partial charge < -0.3 is 24.4 Å². The van der Waals surface area contributed by atoms with Gasteiger partial charge in [0.25, 0.3) is 0 Å². The Kier molecular flexibility index (Phi) is 11.0. The molecule has 0 amide bonds. The number of rotatable bonds is 11. The fourth-order valence-corrected chi connectivity index (χ4v) is 8.31. The molecule has 210 valence electrons. The third-order valence-corrected chi connectivity index (χ3v) is 10.7. The average molecular weight is 537 g/mol. The van der Waals surface area contributed by atoms with Crippen molar-refractivity contribution in [3.05, 3.63) is 47.6 Å². The molecule has 0 bridgehead atoms. The number of aliphatic hydroxyl groups excluding tert-OH is 3. The standard InChI is InChI=1S/C30H49O6P/c1-6-17-35-37(34,36-18-7-2)29(33)15-10-21(3)26-13-14-27-23(9-8-16-30(26,27)5)11-12-24-19-25(31)20-28(32)22(24)4/h10-12,15,21,25-29,31-33H,4,6-9,13-14,16-20H2,1-3,5H3/b15-10+,23-11+,24-12-/t21-,25-,26-,27?,28+,29?,30-/m1/s1. The van der Waals surface area contributed by atoms with Crippen molar-refractivity contribution in [1.29, 1.82) is 0 Å². The van der Waals surface area contributed by atoms with Crippen LogP contribution in [0.4, 0.5) is 0 Å². The second-order valence-corrected chi connectivity index (χ2v) is 13.7. The van der Waals surface area contributed by atoms with Crippen molar-refractivity contribution < 1.29 is 28.9 Å². The highest BCUT2D eigenvalue weighted by molar-refractivity contribution is 7.54. The largest absolute Gasteiger partial charge is 0.393 e. The summed E-state index contributed by atoms with van der Waals surface area (Å²) in [6, 6.07) is 0. The molecule has 6 nitrogen and oxygen atoms in total. The summed E-state index contributed by atoms with van der Waals surface area (Å²) < 4.78 is 24.2. The Balaban J connectivity index is 1.73. The molecule has 0 aromatic heterocycles. The second-order valence-electron chi connectivity index (χ2n) is 11.5. The Morgan fingerprint density at radius 3 is 2.46 bits per heavy atom. The third kappa shape index (κ3) is 7.15. The van der Waals surface area contributed by atoms with Crippen molar-refractivity contribution in [3.8, 4) is 0 Å². The van der Waals surface area contributed by atoms with Gasteiger partial charge in [0, 0.05) is 6.42 Å². The Morgan fingerprint density at radius 2 is 1.81 bits per heavy atom. The predicted octanol–water partition coefficient (Wildman–Crippen LogP) is 6.68. The van der Waals surface area contributed by atoms with E-state index in [1.165, 1.54) is 12.0 Å². The summed E-state index contributed by atoms with van der Waals surface area (Å²) in [6.07, 6.45) is 14.7. The minimum Gasteiger partial charge on any atom is -0.393 e. The molecule has 3 saturated carbocycles. The number of allylic oxidation sites excluding steroid dienone is 4. The molecule has 3 fully saturated rings. The van der Waals surface area contributed by atoms with E-state index in [1.54, 1.807) is 6.08 Å². The molecule has 3 aliphatic rings. The maximum atomic E-state index is 13.2. The second kappa shape index (κ2) is 13.4. The lowest BCUT2D eigenvalue weighted by atomic mass is 9.61. The molecule has 0 spiro atoms. The van der Waals surface area contributed by atoms with Gasteiger partial charge in [-0.05, 0) is 91.8 Å². The molecule has 0 heterocycles. The summed E-state index contributed by atoms with van der Waals surface area (Å²) in [5.41, 5.74) is 3.28. The summed E-state index contributed by atoms with van der Waals surface area (Å²) >= 11 is 0. The summed E-state index contributed by atoms with van der Waals surface area (Å²) in [7, 11) is -3.61. The fourth-order valence-electron chi connectivity index (χ4n) is 6.75. The minimum atomic E-state index is -3.61. The van der Waals surface area contributed by atoms with Crippen LogP contribution in [0.3, 0.4) is 0 Å². The highest BCUT2D eigenvalue weighted by Gasteiger charge is 2.50. The predicted molar refractivity (Wildman–Crippen MR) is 149 cm³/mol. The molecular weight excluding hydrogens is 487 g/mol. The van der Waals surface area contributed by atoms with Crippen LogP contribution >= 0.6 is 7.60 Å². The number of hydrogen-bond acceptors (Lipinski definition) is 6. The maximum absolute atomic E-state index is 13.2. The first-order valence-electron chi connectivity index (χ1n) is 14.3. The zero-order valence-corrected chi connectivity index (χ0v) is 24.2. The first-order chi connectivity index (χ1) is 17.6. The van der Waals surface area contributed by atoms with E-state index in [-0.39, 0.29) is 11.3 Å². The van der Waals surface area contributed by atoms with E-state index in [2.05, 4.69) is 32.6 Å². The molecule has 7 atom stereocenters. The van der Waals surface area contributed by atoms with E-state index in [0.29, 0.717) is 50.7 Å². The zero-order valence-electron chi connectivity index (χ0n) is 23.3. The molecule has 7 heteroatoms. The van der Waals surface area contributed by atoms with E-state index in [9.17, 15) is 19.9 Å². The molecule has 3 aliphatic carbocycles. The van der Waals surface area contributed by atoms with Gasteiger partial charge in [-0.3, -0.25) is 4.57 Å². The molecule has 0 aliphatic heterocycles. The molecule has 0 saturated heterocycles. The van der Waals surface area contributed by atoms with Crippen LogP contribution in [0.2, 0.25) is 0 Å². The lowest BCUT2D eigenvalue weighted by Crippen LogP contribution is -2.35. The van der Waals surface area contributed by atoms with Gasteiger partial charge in [0.05, 0.1) is 25.4 Å². The molecule has 0 radical (unpaired) electrons. The van der Waals surface area contributed by atoms with E-state index in [0.717, 1.165) is 36.8 Å². The van der Waals surface area contributed by atoms with Gasteiger partial charge in [-0.25, -0.2) is 0 Å². The van der Waals surface area contributed by atoms with Crippen molar-refractivity contribution >= 4 is 7.60 Å². The average Bonchev–Trinajstić information content (AvgIpc) is 3.23. The van der Waals surface area contributed by atoms with Gasteiger partial charge in [0.2, 0.25) is 0 Å². The van der Waals surface area contributed by atoms with Gasteiger partial charge in [0.1, 0.15) is 0 Å². The number of hydrogen-bond donors (Lipinski definition) is 3. The molecule has 0 aromatic carbocycles. The lowest BCUT2D eigenvalue weighted by Gasteiger charge is -2.44. The topological polar surface area (TPSA) is 96.2 Å². The number of aliphatic hydroxyl groups is 3. The van der Waals surface area contributed by atoms with Crippen molar-refractivity contribution in [2.24, 2.45) is 23.2 Å². The molecular formula is C30H49O6P. The van der Waals surface area contributed by atoms with Crippen LogP contribution in [-0.4, -0.2) is 46.6 Å². The van der Waals surface area contributed by atoms with Crippen LogP contribution in [0.25, 0.3) is 0 Å². The minimum absolute atomic E-state index is 0.154. The monoisotopic (exact) mass is 536 g/mol. The van der Waals surface area contributed by atoms with Crippen LogP contribution in [0.5, 0.6) is 0 Å². The summed E-state index contributed by atoms with van der Waals surface area (Å²) in [5.74, 6) is -0.0992. The maximum Gasteiger partial charge on any atom is 0.362 e. The quantitative estimate of drug-likeness (QED) is 0.201. The van der Waals surface area contributed by atoms with E-state index >= 15 is 0 Å². The first-order valence-corrected chi connectivity index (χ1v) is 15.9. The van der Waals surface area contributed by atoms with Gasteiger partial charge >= 0.3 is 7.60 Å². The van der Waals surface area contributed by atoms with E-state index in [4.69, 9.17) is 9.05 Å².